The van der Waals surface area contributed by atoms with Crippen molar-refractivity contribution in [3.63, 3.8) is 0 Å². The summed E-state index contributed by atoms with van der Waals surface area (Å²) in [5, 5.41) is 3.50. The van der Waals surface area contributed by atoms with Gasteiger partial charge in [-0.15, -0.1) is 0 Å². The molecule has 1 N–H and O–H groups in total. The van der Waals surface area contributed by atoms with E-state index < -0.39 is 0 Å². The molecule has 17 heavy (non-hydrogen) atoms. The molecule has 1 unspecified atom stereocenters. The van der Waals surface area contributed by atoms with Gasteiger partial charge in [-0.25, -0.2) is 4.98 Å². The molecule has 0 amide bonds. The number of hydrogen-bond acceptors (Lipinski definition) is 3. The summed E-state index contributed by atoms with van der Waals surface area (Å²) in [6, 6.07) is 0. The van der Waals surface area contributed by atoms with E-state index in [-0.39, 0.29) is 5.54 Å². The van der Waals surface area contributed by atoms with E-state index in [0.29, 0.717) is 5.92 Å². The van der Waals surface area contributed by atoms with Gasteiger partial charge in [-0.2, -0.15) is 11.8 Å². The number of hydrogen-bond donors (Lipinski definition) is 1. The lowest BCUT2D eigenvalue weighted by molar-refractivity contribution is 0.410. The van der Waals surface area contributed by atoms with Crippen molar-refractivity contribution in [2.24, 2.45) is 5.92 Å². The van der Waals surface area contributed by atoms with E-state index in [4.69, 9.17) is 0 Å². The van der Waals surface area contributed by atoms with Gasteiger partial charge in [0.2, 0.25) is 0 Å². The second-order valence-corrected chi connectivity index (χ2v) is 6.61. The molecule has 1 atom stereocenters. The topological polar surface area (TPSA) is 29.9 Å². The number of nitrogens with one attached hydrogen (secondary N) is 1. The zero-order chi connectivity index (χ0) is 12.9. The summed E-state index contributed by atoms with van der Waals surface area (Å²) in [7, 11) is 0. The van der Waals surface area contributed by atoms with Gasteiger partial charge in [-0.05, 0) is 38.7 Å². The molecule has 3 nitrogen and oxygen atoms in total. The van der Waals surface area contributed by atoms with E-state index in [1.807, 2.05) is 24.3 Å². The maximum atomic E-state index is 4.25. The maximum Gasteiger partial charge on any atom is 0.0948 e. The van der Waals surface area contributed by atoms with E-state index in [1.165, 1.54) is 11.4 Å². The first-order valence-electron chi connectivity index (χ1n) is 6.15. The van der Waals surface area contributed by atoms with Gasteiger partial charge in [0.25, 0.3) is 0 Å². The number of rotatable bonds is 6. The van der Waals surface area contributed by atoms with Crippen molar-refractivity contribution < 1.29 is 0 Å². The predicted molar refractivity (Wildman–Crippen MR) is 76.4 cm³/mol. The van der Waals surface area contributed by atoms with Crippen molar-refractivity contribution >= 4 is 11.8 Å². The molecule has 0 fully saturated rings. The molecule has 1 aromatic heterocycles. The minimum absolute atomic E-state index is 0.153. The SMILES string of the molecule is CSCC(C)Cn1cncc1CNC(C)(C)C. The fraction of sp³-hybridized carbons (Fsp3) is 0.769. The van der Waals surface area contributed by atoms with Crippen LogP contribution in [-0.2, 0) is 13.1 Å². The van der Waals surface area contributed by atoms with Gasteiger partial charge in [0, 0.05) is 24.8 Å². The number of imidazole rings is 1. The molecule has 0 aromatic carbocycles. The zero-order valence-corrected chi connectivity index (χ0v) is 12.5. The average molecular weight is 255 g/mol. The minimum atomic E-state index is 0.153. The van der Waals surface area contributed by atoms with Crippen LogP contribution in [-0.4, -0.2) is 27.1 Å². The predicted octanol–water partition coefficient (Wildman–Crippen LogP) is 2.77. The van der Waals surface area contributed by atoms with E-state index in [9.17, 15) is 0 Å². The van der Waals surface area contributed by atoms with E-state index in [0.717, 1.165) is 13.1 Å². The zero-order valence-electron chi connectivity index (χ0n) is 11.7. The average Bonchev–Trinajstić information content (AvgIpc) is 2.61. The van der Waals surface area contributed by atoms with Gasteiger partial charge in [-0.1, -0.05) is 6.92 Å². The molecule has 0 bridgehead atoms. The molecule has 0 aliphatic heterocycles. The molecule has 0 radical (unpaired) electrons. The van der Waals surface area contributed by atoms with Crippen molar-refractivity contribution in [2.45, 2.75) is 46.3 Å². The Labute approximate surface area is 109 Å². The van der Waals surface area contributed by atoms with Gasteiger partial charge < -0.3 is 9.88 Å². The first-order chi connectivity index (χ1) is 7.92. The third kappa shape index (κ3) is 5.59. The van der Waals surface area contributed by atoms with Crippen molar-refractivity contribution in [3.05, 3.63) is 18.2 Å². The Morgan fingerprint density at radius 3 is 2.76 bits per heavy atom. The minimum Gasteiger partial charge on any atom is -0.333 e. The first-order valence-corrected chi connectivity index (χ1v) is 7.54. The Morgan fingerprint density at radius 2 is 2.18 bits per heavy atom. The number of nitrogens with zero attached hydrogens (tertiary/aromatic N) is 2. The van der Waals surface area contributed by atoms with Crippen LogP contribution in [0.25, 0.3) is 0 Å². The van der Waals surface area contributed by atoms with E-state index >= 15 is 0 Å². The highest BCUT2D eigenvalue weighted by molar-refractivity contribution is 7.98. The van der Waals surface area contributed by atoms with Crippen molar-refractivity contribution in [2.75, 3.05) is 12.0 Å². The normalized spacial score (nSPS) is 13.9. The van der Waals surface area contributed by atoms with Gasteiger partial charge in [0.05, 0.1) is 12.0 Å². The van der Waals surface area contributed by atoms with Crippen LogP contribution < -0.4 is 5.32 Å². The highest BCUT2D eigenvalue weighted by Crippen LogP contribution is 2.10. The van der Waals surface area contributed by atoms with Crippen molar-refractivity contribution in [1.29, 1.82) is 0 Å². The molecular formula is C13H25N3S. The molecule has 1 rings (SSSR count). The highest BCUT2D eigenvalue weighted by atomic mass is 32.2. The Bertz CT molecular complexity index is 328. The monoisotopic (exact) mass is 255 g/mol. The van der Waals surface area contributed by atoms with Crippen molar-refractivity contribution in [3.8, 4) is 0 Å². The van der Waals surface area contributed by atoms with Crippen LogP contribution in [0.5, 0.6) is 0 Å². The summed E-state index contributed by atoms with van der Waals surface area (Å²) < 4.78 is 2.26. The molecule has 0 saturated carbocycles. The van der Waals surface area contributed by atoms with Gasteiger partial charge in [0.15, 0.2) is 0 Å². The standard InChI is InChI=1S/C13H25N3S/c1-11(9-17-5)8-16-10-14-6-12(16)7-15-13(2,3)4/h6,10-11,15H,7-9H2,1-5H3. The smallest absolute Gasteiger partial charge is 0.0948 e. The summed E-state index contributed by atoms with van der Waals surface area (Å²) in [4.78, 5) is 4.25. The van der Waals surface area contributed by atoms with E-state index in [2.05, 4.69) is 48.8 Å². The Kier molecular flexibility index (Phi) is 5.53. The van der Waals surface area contributed by atoms with E-state index in [1.54, 1.807) is 0 Å². The molecule has 0 aliphatic carbocycles. The molecule has 4 heteroatoms. The van der Waals surface area contributed by atoms with Gasteiger partial charge >= 0.3 is 0 Å². The van der Waals surface area contributed by atoms with Crippen LogP contribution in [0, 0.1) is 5.92 Å². The first kappa shape index (κ1) is 14.6. The lowest BCUT2D eigenvalue weighted by atomic mass is 10.1. The molecule has 0 saturated heterocycles. The molecule has 98 valence electrons. The van der Waals surface area contributed by atoms with Crippen molar-refractivity contribution in [1.82, 2.24) is 14.9 Å². The molecular weight excluding hydrogens is 230 g/mol. The quantitative estimate of drug-likeness (QED) is 0.847. The summed E-state index contributed by atoms with van der Waals surface area (Å²) in [5.74, 6) is 1.89. The van der Waals surface area contributed by atoms with Crippen LogP contribution in [0.4, 0.5) is 0 Å². The Morgan fingerprint density at radius 1 is 1.47 bits per heavy atom. The third-order valence-electron chi connectivity index (χ3n) is 2.56. The number of thioether (sulfide) groups is 1. The fourth-order valence-corrected chi connectivity index (χ4v) is 2.36. The van der Waals surface area contributed by atoms with Gasteiger partial charge in [-0.3, -0.25) is 0 Å². The fourth-order valence-electron chi connectivity index (χ4n) is 1.69. The maximum absolute atomic E-state index is 4.25. The summed E-state index contributed by atoms with van der Waals surface area (Å²) in [5.41, 5.74) is 1.42. The summed E-state index contributed by atoms with van der Waals surface area (Å²) >= 11 is 1.91. The second-order valence-electron chi connectivity index (χ2n) is 5.70. The Balaban J connectivity index is 2.54. The van der Waals surface area contributed by atoms with Crippen LogP contribution in [0.2, 0.25) is 0 Å². The highest BCUT2D eigenvalue weighted by Gasteiger charge is 2.11. The molecule has 0 spiro atoms. The largest absolute Gasteiger partial charge is 0.333 e. The second kappa shape index (κ2) is 6.45. The number of aromatic nitrogens is 2. The van der Waals surface area contributed by atoms with Crippen LogP contribution in [0.15, 0.2) is 12.5 Å². The lowest BCUT2D eigenvalue weighted by Gasteiger charge is -2.21. The third-order valence-corrected chi connectivity index (χ3v) is 3.46. The summed E-state index contributed by atoms with van der Waals surface area (Å²) in [6.45, 7) is 10.8. The molecule has 1 aromatic rings. The van der Waals surface area contributed by atoms with Crippen LogP contribution in [0.1, 0.15) is 33.4 Å². The Hall–Kier alpha value is -0.480. The molecule has 0 aliphatic rings. The lowest BCUT2D eigenvalue weighted by Crippen LogP contribution is -2.35. The summed E-state index contributed by atoms with van der Waals surface area (Å²) in [6.07, 6.45) is 6.06. The van der Waals surface area contributed by atoms with Crippen LogP contribution >= 0.6 is 11.8 Å². The van der Waals surface area contributed by atoms with Gasteiger partial charge in [0.1, 0.15) is 0 Å². The van der Waals surface area contributed by atoms with Crippen LogP contribution in [0.3, 0.4) is 0 Å². The molecule has 1 heterocycles.